The normalized spacial score (nSPS) is 10.6. The summed E-state index contributed by atoms with van der Waals surface area (Å²) >= 11 is 0. The largest absolute Gasteiger partial charge is 0.484 e. The van der Waals surface area contributed by atoms with Gasteiger partial charge in [0.1, 0.15) is 5.75 Å². The molecule has 0 aliphatic rings. The summed E-state index contributed by atoms with van der Waals surface area (Å²) in [4.78, 5) is 27.7. The molecular formula is C19H30N2O4. The van der Waals surface area contributed by atoms with Crippen LogP contribution in [-0.2, 0) is 20.7 Å². The van der Waals surface area contributed by atoms with Gasteiger partial charge in [0.05, 0.1) is 13.0 Å². The Labute approximate surface area is 150 Å². The topological polar surface area (TPSA) is 59.1 Å². The van der Waals surface area contributed by atoms with Gasteiger partial charge in [0, 0.05) is 19.6 Å². The lowest BCUT2D eigenvalue weighted by molar-refractivity contribution is -0.144. The van der Waals surface area contributed by atoms with E-state index in [0.29, 0.717) is 25.4 Å². The Morgan fingerprint density at radius 2 is 1.84 bits per heavy atom. The molecule has 0 aromatic heterocycles. The zero-order valence-corrected chi connectivity index (χ0v) is 15.8. The van der Waals surface area contributed by atoms with Crippen molar-refractivity contribution in [3.05, 3.63) is 29.8 Å². The summed E-state index contributed by atoms with van der Waals surface area (Å²) in [5.41, 5.74) is 1.16. The molecule has 0 bridgehead atoms. The molecular weight excluding hydrogens is 320 g/mol. The number of rotatable bonds is 11. The molecule has 0 aliphatic heterocycles. The van der Waals surface area contributed by atoms with E-state index in [1.807, 2.05) is 43.3 Å². The Morgan fingerprint density at radius 1 is 1.08 bits per heavy atom. The highest BCUT2D eigenvalue weighted by Crippen LogP contribution is 2.13. The Morgan fingerprint density at radius 3 is 2.48 bits per heavy atom. The minimum atomic E-state index is -0.290. The van der Waals surface area contributed by atoms with E-state index in [1.165, 1.54) is 0 Å². The van der Waals surface area contributed by atoms with Crippen LogP contribution in [-0.4, -0.2) is 68.6 Å². The van der Waals surface area contributed by atoms with E-state index in [0.717, 1.165) is 18.5 Å². The second-order valence-corrected chi connectivity index (χ2v) is 6.03. The zero-order chi connectivity index (χ0) is 18.7. The highest BCUT2D eigenvalue weighted by molar-refractivity contribution is 5.78. The summed E-state index contributed by atoms with van der Waals surface area (Å²) in [6.07, 6.45) is 1.11. The number of carbonyl (C=O) groups is 2. The van der Waals surface area contributed by atoms with E-state index in [2.05, 4.69) is 6.92 Å². The zero-order valence-electron chi connectivity index (χ0n) is 15.8. The molecule has 0 N–H and O–H groups in total. The molecule has 0 fully saturated rings. The first kappa shape index (κ1) is 21.0. The van der Waals surface area contributed by atoms with Crippen molar-refractivity contribution >= 4 is 11.9 Å². The highest BCUT2D eigenvalue weighted by atomic mass is 16.5. The number of hydrogen-bond donors (Lipinski definition) is 0. The van der Waals surface area contributed by atoms with E-state index in [1.54, 1.807) is 11.8 Å². The Kier molecular flexibility index (Phi) is 9.62. The number of hydrogen-bond acceptors (Lipinski definition) is 5. The molecule has 0 radical (unpaired) electrons. The average molecular weight is 350 g/mol. The van der Waals surface area contributed by atoms with Crippen molar-refractivity contribution in [2.45, 2.75) is 26.7 Å². The minimum Gasteiger partial charge on any atom is -0.484 e. The minimum absolute atomic E-state index is 0.0383. The van der Waals surface area contributed by atoms with Crippen LogP contribution in [0.3, 0.4) is 0 Å². The number of esters is 1. The fourth-order valence-corrected chi connectivity index (χ4v) is 2.23. The molecule has 140 valence electrons. The van der Waals surface area contributed by atoms with Crippen molar-refractivity contribution in [3.63, 3.8) is 0 Å². The van der Waals surface area contributed by atoms with Crippen LogP contribution >= 0.6 is 0 Å². The molecule has 0 heterocycles. The van der Waals surface area contributed by atoms with Crippen molar-refractivity contribution in [1.29, 1.82) is 0 Å². The van der Waals surface area contributed by atoms with Crippen LogP contribution in [0.1, 0.15) is 25.8 Å². The second-order valence-electron chi connectivity index (χ2n) is 6.03. The van der Waals surface area contributed by atoms with E-state index >= 15 is 0 Å². The molecule has 0 aliphatic carbocycles. The van der Waals surface area contributed by atoms with Crippen LogP contribution in [0, 0.1) is 0 Å². The number of aryl methyl sites for hydroxylation is 1. The molecule has 0 saturated carbocycles. The van der Waals surface area contributed by atoms with Crippen molar-refractivity contribution in [3.8, 4) is 5.75 Å². The molecule has 0 atom stereocenters. The lowest BCUT2D eigenvalue weighted by Crippen LogP contribution is -2.40. The molecule has 25 heavy (non-hydrogen) atoms. The molecule has 6 nitrogen and oxygen atoms in total. The van der Waals surface area contributed by atoms with Crippen molar-refractivity contribution in [2.24, 2.45) is 0 Å². The molecule has 0 unspecified atom stereocenters. The molecule has 6 heteroatoms. The number of likely N-dealkylation sites (N-methyl/N-ethyl adjacent to an activating group) is 1. The van der Waals surface area contributed by atoms with Gasteiger partial charge in [-0.15, -0.1) is 0 Å². The van der Waals surface area contributed by atoms with Crippen molar-refractivity contribution in [2.75, 3.05) is 46.9 Å². The summed E-state index contributed by atoms with van der Waals surface area (Å²) in [7, 11) is 3.89. The van der Waals surface area contributed by atoms with E-state index in [-0.39, 0.29) is 24.9 Å². The lowest BCUT2D eigenvalue weighted by atomic mass is 10.2. The first-order valence-corrected chi connectivity index (χ1v) is 8.76. The van der Waals surface area contributed by atoms with Crippen molar-refractivity contribution < 1.29 is 19.1 Å². The SMILES string of the molecule is CCOC(=O)CCN(CCN(C)C)C(=O)COc1cccc(CC)c1. The maximum absolute atomic E-state index is 12.5. The molecule has 1 aromatic rings. The van der Waals surface area contributed by atoms with Gasteiger partial charge < -0.3 is 19.3 Å². The number of nitrogens with zero attached hydrogens (tertiary/aromatic N) is 2. The maximum Gasteiger partial charge on any atom is 0.307 e. The summed E-state index contributed by atoms with van der Waals surface area (Å²) in [6, 6.07) is 7.73. The Balaban J connectivity index is 2.58. The summed E-state index contributed by atoms with van der Waals surface area (Å²) in [5, 5.41) is 0. The van der Waals surface area contributed by atoms with Crippen LogP contribution in [0.4, 0.5) is 0 Å². The lowest BCUT2D eigenvalue weighted by Gasteiger charge is -2.24. The summed E-state index contributed by atoms with van der Waals surface area (Å²) in [5.74, 6) is 0.264. The molecule has 0 spiro atoms. The highest BCUT2D eigenvalue weighted by Gasteiger charge is 2.16. The standard InChI is InChI=1S/C19H30N2O4/c1-5-16-8-7-9-17(14-16)25-15-18(22)21(13-12-20(3)4)11-10-19(23)24-6-2/h7-9,14H,5-6,10-13,15H2,1-4H3. The number of ether oxygens (including phenoxy) is 2. The Hall–Kier alpha value is -2.08. The summed E-state index contributed by atoms with van der Waals surface area (Å²) in [6.45, 7) is 5.76. The number of amides is 1. The van der Waals surface area contributed by atoms with Gasteiger partial charge in [0.25, 0.3) is 5.91 Å². The van der Waals surface area contributed by atoms with Gasteiger partial charge in [-0.25, -0.2) is 0 Å². The smallest absolute Gasteiger partial charge is 0.307 e. The van der Waals surface area contributed by atoms with E-state index in [4.69, 9.17) is 9.47 Å². The quantitative estimate of drug-likeness (QED) is 0.571. The molecule has 1 rings (SSSR count). The van der Waals surface area contributed by atoms with Gasteiger partial charge in [-0.05, 0) is 45.1 Å². The van der Waals surface area contributed by atoms with Crippen LogP contribution < -0.4 is 4.74 Å². The van der Waals surface area contributed by atoms with Crippen molar-refractivity contribution in [1.82, 2.24) is 9.80 Å². The second kappa shape index (κ2) is 11.5. The van der Waals surface area contributed by atoms with Crippen LogP contribution in [0.25, 0.3) is 0 Å². The van der Waals surface area contributed by atoms with Gasteiger partial charge in [0.2, 0.25) is 0 Å². The number of benzene rings is 1. The third kappa shape index (κ3) is 8.54. The first-order valence-electron chi connectivity index (χ1n) is 8.76. The monoisotopic (exact) mass is 350 g/mol. The molecule has 0 saturated heterocycles. The van der Waals surface area contributed by atoms with Crippen LogP contribution in [0.15, 0.2) is 24.3 Å². The third-order valence-electron chi connectivity index (χ3n) is 3.73. The first-order chi connectivity index (χ1) is 12.0. The fraction of sp³-hybridized carbons (Fsp3) is 0.579. The predicted octanol–water partition coefficient (Wildman–Crippen LogP) is 1.97. The molecule has 1 amide bonds. The van der Waals surface area contributed by atoms with Gasteiger partial charge in [0.15, 0.2) is 6.61 Å². The third-order valence-corrected chi connectivity index (χ3v) is 3.73. The average Bonchev–Trinajstić information content (AvgIpc) is 2.60. The summed E-state index contributed by atoms with van der Waals surface area (Å²) < 4.78 is 10.6. The predicted molar refractivity (Wildman–Crippen MR) is 97.7 cm³/mol. The van der Waals surface area contributed by atoms with E-state index in [9.17, 15) is 9.59 Å². The van der Waals surface area contributed by atoms with Gasteiger partial charge >= 0.3 is 5.97 Å². The molecule has 1 aromatic carbocycles. The maximum atomic E-state index is 12.5. The van der Waals surface area contributed by atoms with Crippen LogP contribution in [0.5, 0.6) is 5.75 Å². The van der Waals surface area contributed by atoms with Crippen LogP contribution in [0.2, 0.25) is 0 Å². The van der Waals surface area contributed by atoms with Gasteiger partial charge in [-0.1, -0.05) is 19.1 Å². The number of carbonyl (C=O) groups excluding carboxylic acids is 2. The fourth-order valence-electron chi connectivity index (χ4n) is 2.23. The Bertz CT molecular complexity index is 546. The van der Waals surface area contributed by atoms with E-state index < -0.39 is 0 Å². The van der Waals surface area contributed by atoms with Gasteiger partial charge in [-0.2, -0.15) is 0 Å². The van der Waals surface area contributed by atoms with Gasteiger partial charge in [-0.3, -0.25) is 9.59 Å².